The SMILES string of the molecule is CCC(NC1CCN(Cc2ccccc2)CC1)C1CC1. The molecule has 1 saturated heterocycles. The maximum atomic E-state index is 3.93. The molecular weight excluding hydrogens is 244 g/mol. The number of piperidine rings is 1. The molecule has 2 aliphatic rings. The van der Waals surface area contributed by atoms with Crippen LogP contribution in [0.3, 0.4) is 0 Å². The van der Waals surface area contributed by atoms with Crippen LogP contribution in [0.1, 0.15) is 44.6 Å². The number of likely N-dealkylation sites (tertiary alicyclic amines) is 1. The molecule has 1 atom stereocenters. The van der Waals surface area contributed by atoms with Gasteiger partial charge in [0.2, 0.25) is 0 Å². The van der Waals surface area contributed by atoms with Crippen LogP contribution in [-0.4, -0.2) is 30.1 Å². The zero-order valence-corrected chi connectivity index (χ0v) is 12.7. The highest BCUT2D eigenvalue weighted by atomic mass is 15.1. The Balaban J connectivity index is 1.42. The van der Waals surface area contributed by atoms with Crippen molar-refractivity contribution in [2.75, 3.05) is 13.1 Å². The number of nitrogens with zero attached hydrogens (tertiary/aromatic N) is 1. The van der Waals surface area contributed by atoms with Gasteiger partial charge in [-0.2, -0.15) is 0 Å². The van der Waals surface area contributed by atoms with E-state index in [9.17, 15) is 0 Å². The summed E-state index contributed by atoms with van der Waals surface area (Å²) >= 11 is 0. The van der Waals surface area contributed by atoms with Gasteiger partial charge in [0.15, 0.2) is 0 Å². The van der Waals surface area contributed by atoms with E-state index in [4.69, 9.17) is 0 Å². The maximum Gasteiger partial charge on any atom is 0.0233 e. The third kappa shape index (κ3) is 3.83. The summed E-state index contributed by atoms with van der Waals surface area (Å²) < 4.78 is 0. The topological polar surface area (TPSA) is 15.3 Å². The van der Waals surface area contributed by atoms with Crippen LogP contribution in [0, 0.1) is 5.92 Å². The summed E-state index contributed by atoms with van der Waals surface area (Å²) in [7, 11) is 0. The van der Waals surface area contributed by atoms with Crippen molar-refractivity contribution in [3.8, 4) is 0 Å². The highest BCUT2D eigenvalue weighted by Crippen LogP contribution is 2.34. The van der Waals surface area contributed by atoms with Gasteiger partial charge in [0.25, 0.3) is 0 Å². The van der Waals surface area contributed by atoms with Gasteiger partial charge in [-0.05, 0) is 56.7 Å². The highest BCUT2D eigenvalue weighted by Gasteiger charge is 2.31. The molecule has 0 aromatic heterocycles. The normalized spacial score (nSPS) is 22.9. The van der Waals surface area contributed by atoms with E-state index in [2.05, 4.69) is 47.5 Å². The average Bonchev–Trinajstić information content (AvgIpc) is 3.32. The predicted octanol–water partition coefficient (Wildman–Crippen LogP) is 3.43. The highest BCUT2D eigenvalue weighted by molar-refractivity contribution is 5.14. The van der Waals surface area contributed by atoms with Crippen molar-refractivity contribution in [3.05, 3.63) is 35.9 Å². The zero-order chi connectivity index (χ0) is 13.8. The van der Waals surface area contributed by atoms with Gasteiger partial charge in [-0.1, -0.05) is 37.3 Å². The molecule has 3 rings (SSSR count). The van der Waals surface area contributed by atoms with E-state index in [0.29, 0.717) is 0 Å². The quantitative estimate of drug-likeness (QED) is 0.853. The molecule has 1 unspecified atom stereocenters. The fourth-order valence-electron chi connectivity index (χ4n) is 3.49. The van der Waals surface area contributed by atoms with Gasteiger partial charge in [0.1, 0.15) is 0 Å². The number of rotatable bonds is 6. The van der Waals surface area contributed by atoms with E-state index in [0.717, 1.165) is 24.5 Å². The molecule has 0 spiro atoms. The Labute approximate surface area is 123 Å². The summed E-state index contributed by atoms with van der Waals surface area (Å²) in [6, 6.07) is 12.4. The Kier molecular flexibility index (Phi) is 4.74. The first kappa shape index (κ1) is 14.1. The molecule has 20 heavy (non-hydrogen) atoms. The Morgan fingerprint density at radius 3 is 2.40 bits per heavy atom. The molecule has 2 heteroatoms. The minimum absolute atomic E-state index is 0.757. The molecule has 0 amide bonds. The third-order valence-corrected chi connectivity index (χ3v) is 4.92. The maximum absolute atomic E-state index is 3.93. The van der Waals surface area contributed by atoms with Crippen LogP contribution in [0.25, 0.3) is 0 Å². The Morgan fingerprint density at radius 2 is 1.80 bits per heavy atom. The van der Waals surface area contributed by atoms with E-state index >= 15 is 0 Å². The van der Waals surface area contributed by atoms with Crippen molar-refractivity contribution in [3.63, 3.8) is 0 Å². The summed E-state index contributed by atoms with van der Waals surface area (Å²) in [6.45, 7) is 5.94. The average molecular weight is 272 g/mol. The fourth-order valence-corrected chi connectivity index (χ4v) is 3.49. The zero-order valence-electron chi connectivity index (χ0n) is 12.7. The molecule has 110 valence electrons. The molecule has 1 N–H and O–H groups in total. The van der Waals surface area contributed by atoms with Gasteiger partial charge >= 0.3 is 0 Å². The molecule has 2 nitrogen and oxygen atoms in total. The van der Waals surface area contributed by atoms with Crippen LogP contribution in [0.2, 0.25) is 0 Å². The van der Waals surface area contributed by atoms with Gasteiger partial charge in [-0.3, -0.25) is 4.90 Å². The molecule has 1 heterocycles. The molecule has 1 aliphatic heterocycles. The van der Waals surface area contributed by atoms with Gasteiger partial charge in [0.05, 0.1) is 0 Å². The van der Waals surface area contributed by atoms with E-state index in [-0.39, 0.29) is 0 Å². The predicted molar refractivity (Wildman–Crippen MR) is 84.7 cm³/mol. The number of nitrogens with one attached hydrogen (secondary N) is 1. The lowest BCUT2D eigenvalue weighted by molar-refractivity contribution is 0.180. The number of hydrogen-bond acceptors (Lipinski definition) is 2. The lowest BCUT2D eigenvalue weighted by Crippen LogP contribution is -2.46. The first-order valence-electron chi connectivity index (χ1n) is 8.37. The summed E-state index contributed by atoms with van der Waals surface area (Å²) in [4.78, 5) is 2.60. The summed E-state index contributed by atoms with van der Waals surface area (Å²) in [6.07, 6.45) is 6.84. The van der Waals surface area contributed by atoms with E-state index in [1.807, 2.05) is 0 Å². The molecule has 1 aromatic carbocycles. The molecule has 1 aliphatic carbocycles. The van der Waals surface area contributed by atoms with Crippen molar-refractivity contribution >= 4 is 0 Å². The smallest absolute Gasteiger partial charge is 0.0233 e. The molecule has 2 fully saturated rings. The Bertz CT molecular complexity index is 391. The fraction of sp³-hybridized carbons (Fsp3) is 0.667. The third-order valence-electron chi connectivity index (χ3n) is 4.92. The second-order valence-electron chi connectivity index (χ2n) is 6.55. The van der Waals surface area contributed by atoms with Crippen LogP contribution >= 0.6 is 0 Å². The van der Waals surface area contributed by atoms with Crippen molar-refractivity contribution in [2.24, 2.45) is 5.92 Å². The lowest BCUT2D eigenvalue weighted by atomic mass is 10.0. The number of benzene rings is 1. The van der Waals surface area contributed by atoms with Crippen molar-refractivity contribution in [1.29, 1.82) is 0 Å². The Hall–Kier alpha value is -0.860. The van der Waals surface area contributed by atoms with Crippen LogP contribution in [-0.2, 0) is 6.54 Å². The van der Waals surface area contributed by atoms with Gasteiger partial charge < -0.3 is 5.32 Å². The van der Waals surface area contributed by atoms with Crippen molar-refractivity contribution in [2.45, 2.75) is 57.7 Å². The largest absolute Gasteiger partial charge is 0.311 e. The van der Waals surface area contributed by atoms with E-state index in [1.54, 1.807) is 0 Å². The minimum Gasteiger partial charge on any atom is -0.311 e. The second kappa shape index (κ2) is 6.73. The van der Waals surface area contributed by atoms with E-state index in [1.165, 1.54) is 50.8 Å². The van der Waals surface area contributed by atoms with Gasteiger partial charge in [-0.25, -0.2) is 0 Å². The van der Waals surface area contributed by atoms with Crippen molar-refractivity contribution < 1.29 is 0 Å². The molecule has 0 radical (unpaired) electrons. The Morgan fingerprint density at radius 1 is 1.10 bits per heavy atom. The minimum atomic E-state index is 0.757. The van der Waals surface area contributed by atoms with Crippen LogP contribution < -0.4 is 5.32 Å². The standard InChI is InChI=1S/C18H28N2/c1-2-18(16-8-9-16)19-17-10-12-20(13-11-17)14-15-6-4-3-5-7-15/h3-7,16-19H,2,8-14H2,1H3. The van der Waals surface area contributed by atoms with Crippen LogP contribution in [0.5, 0.6) is 0 Å². The first-order chi connectivity index (χ1) is 9.85. The monoisotopic (exact) mass is 272 g/mol. The molecule has 1 aromatic rings. The molecular formula is C18H28N2. The first-order valence-corrected chi connectivity index (χ1v) is 8.37. The lowest BCUT2D eigenvalue weighted by Gasteiger charge is -2.34. The summed E-state index contributed by atoms with van der Waals surface area (Å²) in [5, 5.41) is 3.93. The van der Waals surface area contributed by atoms with Crippen LogP contribution in [0.4, 0.5) is 0 Å². The number of hydrogen-bond donors (Lipinski definition) is 1. The van der Waals surface area contributed by atoms with Crippen molar-refractivity contribution in [1.82, 2.24) is 10.2 Å². The summed E-state index contributed by atoms with van der Waals surface area (Å²) in [5.41, 5.74) is 1.45. The summed E-state index contributed by atoms with van der Waals surface area (Å²) in [5.74, 6) is 0.988. The van der Waals surface area contributed by atoms with E-state index < -0.39 is 0 Å². The molecule has 1 saturated carbocycles. The van der Waals surface area contributed by atoms with Gasteiger partial charge in [0, 0.05) is 18.6 Å². The second-order valence-corrected chi connectivity index (χ2v) is 6.55. The van der Waals surface area contributed by atoms with Crippen LogP contribution in [0.15, 0.2) is 30.3 Å². The molecule has 0 bridgehead atoms. The van der Waals surface area contributed by atoms with Gasteiger partial charge in [-0.15, -0.1) is 0 Å².